The van der Waals surface area contributed by atoms with Gasteiger partial charge in [0.25, 0.3) is 0 Å². The van der Waals surface area contributed by atoms with E-state index < -0.39 is 0 Å². The number of anilines is 3. The lowest BCUT2D eigenvalue weighted by atomic mass is 9.76. The van der Waals surface area contributed by atoms with Crippen molar-refractivity contribution in [3.8, 4) is 27.9 Å². The second kappa shape index (κ2) is 11.8. The van der Waals surface area contributed by atoms with Gasteiger partial charge in [-0.2, -0.15) is 0 Å². The lowest BCUT2D eigenvalue weighted by Gasteiger charge is -2.31. The predicted octanol–water partition coefficient (Wildman–Crippen LogP) is 13.9. The molecule has 53 heavy (non-hydrogen) atoms. The Bertz CT molecular complexity index is 2850. The lowest BCUT2D eigenvalue weighted by Crippen LogP contribution is -2.21. The Labute approximate surface area is 310 Å². The Morgan fingerprint density at radius 2 is 1.04 bits per heavy atom. The predicted molar refractivity (Wildman–Crippen MR) is 223 cm³/mol. The molecule has 0 unspecified atom stereocenters. The van der Waals surface area contributed by atoms with Crippen LogP contribution in [0.15, 0.2) is 182 Å². The number of hydrogen-bond donors (Lipinski definition) is 0. The van der Waals surface area contributed by atoms with E-state index in [0.717, 1.165) is 11.4 Å². The average molecular weight is 679 g/mol. The van der Waals surface area contributed by atoms with Gasteiger partial charge < -0.3 is 9.47 Å². The molecular formula is C51H38N2. The first-order valence-corrected chi connectivity index (χ1v) is 19.0. The van der Waals surface area contributed by atoms with Crippen LogP contribution in [0.3, 0.4) is 0 Å². The minimum Gasteiger partial charge on any atom is -0.310 e. The number of benzene rings is 8. The second-order valence-corrected chi connectivity index (χ2v) is 14.8. The van der Waals surface area contributed by atoms with Crippen molar-refractivity contribution >= 4 is 49.6 Å². The Hall–Kier alpha value is -6.38. The first-order chi connectivity index (χ1) is 26.3. The summed E-state index contributed by atoms with van der Waals surface area (Å²) in [5.74, 6) is 0. The van der Waals surface area contributed by atoms with Crippen LogP contribution in [0, 0.1) is 0 Å². The van der Waals surface area contributed by atoms with Crippen molar-refractivity contribution in [2.75, 3.05) is 4.90 Å². The zero-order chi connectivity index (χ0) is 34.9. The molecule has 0 bridgehead atoms. The van der Waals surface area contributed by atoms with E-state index in [1.807, 2.05) is 0 Å². The molecule has 2 heteroatoms. The van der Waals surface area contributed by atoms with E-state index in [4.69, 9.17) is 0 Å². The van der Waals surface area contributed by atoms with Gasteiger partial charge in [0.15, 0.2) is 0 Å². The van der Waals surface area contributed by atoms with E-state index in [9.17, 15) is 0 Å². The van der Waals surface area contributed by atoms with Gasteiger partial charge in [-0.3, -0.25) is 0 Å². The Balaban J connectivity index is 1.19. The van der Waals surface area contributed by atoms with E-state index in [0.29, 0.717) is 0 Å². The third-order valence-corrected chi connectivity index (χ3v) is 12.1. The van der Waals surface area contributed by atoms with Crippen molar-refractivity contribution in [3.63, 3.8) is 0 Å². The summed E-state index contributed by atoms with van der Waals surface area (Å²) in [7, 11) is 0. The number of fused-ring (bicyclic) bond motifs is 9. The molecule has 0 N–H and O–H groups in total. The third kappa shape index (κ3) is 4.52. The molecule has 2 nitrogen and oxygen atoms in total. The molecule has 8 aromatic carbocycles. The van der Waals surface area contributed by atoms with Crippen LogP contribution >= 0.6 is 0 Å². The smallest absolute Gasteiger partial charge is 0.0561 e. The van der Waals surface area contributed by atoms with Crippen LogP contribution in [0.1, 0.15) is 36.8 Å². The van der Waals surface area contributed by atoms with Crippen molar-refractivity contribution in [1.29, 1.82) is 0 Å². The van der Waals surface area contributed by atoms with Gasteiger partial charge in [-0.1, -0.05) is 146 Å². The molecule has 1 spiro atoms. The molecule has 11 rings (SSSR count). The van der Waals surface area contributed by atoms with Crippen LogP contribution in [0.5, 0.6) is 0 Å². The van der Waals surface area contributed by atoms with Gasteiger partial charge in [0.1, 0.15) is 0 Å². The molecule has 252 valence electrons. The summed E-state index contributed by atoms with van der Waals surface area (Å²) in [6, 6.07) is 67.6. The largest absolute Gasteiger partial charge is 0.310 e. The molecule has 1 saturated carbocycles. The number of rotatable bonds is 5. The highest BCUT2D eigenvalue weighted by Gasteiger charge is 2.45. The van der Waals surface area contributed by atoms with E-state index in [-0.39, 0.29) is 5.41 Å². The number of aromatic nitrogens is 1. The molecule has 1 fully saturated rings. The fourth-order valence-corrected chi connectivity index (χ4v) is 9.84. The number of para-hydroxylation sites is 3. The molecule has 0 saturated heterocycles. The van der Waals surface area contributed by atoms with Crippen molar-refractivity contribution < 1.29 is 0 Å². The molecule has 2 aliphatic rings. The summed E-state index contributed by atoms with van der Waals surface area (Å²) in [6.07, 6.45) is 4.95. The second-order valence-electron chi connectivity index (χ2n) is 14.8. The molecule has 0 atom stereocenters. The maximum absolute atomic E-state index is 2.54. The van der Waals surface area contributed by atoms with E-state index >= 15 is 0 Å². The summed E-state index contributed by atoms with van der Waals surface area (Å²) in [6.45, 7) is 0. The highest BCUT2D eigenvalue weighted by atomic mass is 15.1. The van der Waals surface area contributed by atoms with Gasteiger partial charge >= 0.3 is 0 Å². The molecule has 1 aromatic heterocycles. The minimum atomic E-state index is 0.0758. The summed E-state index contributed by atoms with van der Waals surface area (Å²) in [4.78, 5) is 2.52. The Kier molecular flexibility index (Phi) is 6.76. The topological polar surface area (TPSA) is 8.17 Å². The van der Waals surface area contributed by atoms with Gasteiger partial charge in [-0.15, -0.1) is 0 Å². The molecule has 9 aromatic rings. The monoisotopic (exact) mass is 678 g/mol. The summed E-state index contributed by atoms with van der Waals surface area (Å²) in [5.41, 5.74) is 15.4. The molecular weight excluding hydrogens is 641 g/mol. The Morgan fingerprint density at radius 1 is 0.415 bits per heavy atom. The fourth-order valence-electron chi connectivity index (χ4n) is 9.84. The number of hydrogen-bond acceptors (Lipinski definition) is 1. The third-order valence-electron chi connectivity index (χ3n) is 12.1. The van der Waals surface area contributed by atoms with Crippen molar-refractivity contribution in [1.82, 2.24) is 4.57 Å². The highest BCUT2D eigenvalue weighted by Crippen LogP contribution is 2.58. The van der Waals surface area contributed by atoms with Gasteiger partial charge in [-0.05, 0) is 100.0 Å². The highest BCUT2D eigenvalue weighted by molar-refractivity contribution is 6.11. The maximum atomic E-state index is 2.54. The molecule has 0 amide bonds. The van der Waals surface area contributed by atoms with Crippen molar-refractivity contribution in [2.24, 2.45) is 0 Å². The van der Waals surface area contributed by atoms with Crippen LogP contribution in [-0.2, 0) is 5.41 Å². The standard InChI is InChI=1S/C51H38N2/c1-2-17-36(18-3-1)53-49-26-11-8-22-44(49)45-30-28-38(34-50(45)53)52(48-25-10-7-21-43(48)40-23-14-16-35-15-4-5-19-39(35)40)37-27-29-42-41-20-6-9-24-46(41)51(47(42)33-37)31-12-13-32-51/h1-11,14-30,33-34H,12-13,31-32H2. The van der Waals surface area contributed by atoms with Gasteiger partial charge in [0.05, 0.1) is 16.7 Å². The van der Waals surface area contributed by atoms with Crippen molar-refractivity contribution in [2.45, 2.75) is 31.1 Å². The summed E-state index contributed by atoms with van der Waals surface area (Å²) < 4.78 is 2.43. The summed E-state index contributed by atoms with van der Waals surface area (Å²) >= 11 is 0. The number of nitrogens with zero attached hydrogens (tertiary/aromatic N) is 2. The SMILES string of the molecule is c1ccc(-n2c3ccccc3c3ccc(N(c4ccc5c(c4)C4(CCCC4)c4ccccc4-5)c4ccccc4-c4cccc5ccccc45)cc32)cc1. The zero-order valence-corrected chi connectivity index (χ0v) is 29.5. The van der Waals surface area contributed by atoms with E-state index in [2.05, 4.69) is 191 Å². The lowest BCUT2D eigenvalue weighted by molar-refractivity contribution is 0.550. The normalized spacial score (nSPS) is 14.3. The molecule has 2 aliphatic carbocycles. The van der Waals surface area contributed by atoms with Gasteiger partial charge in [0, 0.05) is 38.8 Å². The van der Waals surface area contributed by atoms with E-state index in [1.165, 1.54) is 103 Å². The first kappa shape index (κ1) is 30.3. The maximum Gasteiger partial charge on any atom is 0.0561 e. The van der Waals surface area contributed by atoms with Crippen LogP contribution in [-0.4, -0.2) is 4.57 Å². The van der Waals surface area contributed by atoms with E-state index in [1.54, 1.807) is 0 Å². The molecule has 0 aliphatic heterocycles. The average Bonchev–Trinajstić information content (AvgIpc) is 3.92. The Morgan fingerprint density at radius 3 is 1.92 bits per heavy atom. The van der Waals surface area contributed by atoms with Gasteiger partial charge in [0.2, 0.25) is 0 Å². The summed E-state index contributed by atoms with van der Waals surface area (Å²) in [5, 5.41) is 5.03. The van der Waals surface area contributed by atoms with Crippen LogP contribution in [0.4, 0.5) is 17.1 Å². The quantitative estimate of drug-likeness (QED) is 0.176. The van der Waals surface area contributed by atoms with Gasteiger partial charge in [-0.25, -0.2) is 0 Å². The minimum absolute atomic E-state index is 0.0758. The van der Waals surface area contributed by atoms with Crippen LogP contribution in [0.25, 0.3) is 60.5 Å². The van der Waals surface area contributed by atoms with Crippen LogP contribution < -0.4 is 4.90 Å². The molecule has 0 radical (unpaired) electrons. The molecule has 1 heterocycles. The van der Waals surface area contributed by atoms with Crippen LogP contribution in [0.2, 0.25) is 0 Å². The first-order valence-electron chi connectivity index (χ1n) is 19.0. The fraction of sp³-hybridized carbons (Fsp3) is 0.0980. The zero-order valence-electron chi connectivity index (χ0n) is 29.5. The van der Waals surface area contributed by atoms with Crippen molar-refractivity contribution in [3.05, 3.63) is 193 Å².